The molecule has 3 aromatic rings. The van der Waals surface area contributed by atoms with Gasteiger partial charge in [0.1, 0.15) is 6.04 Å². The predicted molar refractivity (Wildman–Crippen MR) is 135 cm³/mol. The van der Waals surface area contributed by atoms with Crippen LogP contribution < -0.4 is 4.72 Å². The highest BCUT2D eigenvalue weighted by Gasteiger charge is 2.45. The topological polar surface area (TPSA) is 102 Å². The summed E-state index contributed by atoms with van der Waals surface area (Å²) in [6.07, 6.45) is 6.35. The monoisotopic (exact) mass is 495 g/mol. The van der Waals surface area contributed by atoms with E-state index in [1.165, 1.54) is 0 Å². The molecule has 3 atom stereocenters. The van der Waals surface area contributed by atoms with Crippen molar-refractivity contribution in [3.63, 3.8) is 0 Å². The summed E-state index contributed by atoms with van der Waals surface area (Å²) in [7, 11) is -3.91. The number of hydrogen-bond donors (Lipinski definition) is 3. The molecule has 2 heterocycles. The highest BCUT2D eigenvalue weighted by Crippen LogP contribution is 2.40. The number of aryl methyl sites for hydroxylation is 1. The van der Waals surface area contributed by atoms with E-state index < -0.39 is 21.7 Å². The average molecular weight is 496 g/mol. The van der Waals surface area contributed by atoms with E-state index in [0.29, 0.717) is 19.5 Å². The number of carbonyl (C=O) groups is 1. The Hall–Kier alpha value is -2.68. The molecule has 1 aliphatic carbocycles. The number of H-pyrrole nitrogens is 1. The number of aromatic nitrogens is 1. The molecule has 2 aromatic carbocycles. The van der Waals surface area contributed by atoms with E-state index in [0.717, 1.165) is 47.7 Å². The summed E-state index contributed by atoms with van der Waals surface area (Å²) in [5.74, 6) is -0.199. The number of amides is 1. The number of rotatable bonds is 6. The molecule has 35 heavy (non-hydrogen) atoms. The summed E-state index contributed by atoms with van der Waals surface area (Å²) in [5, 5.41) is 12.0. The maximum Gasteiger partial charge on any atom is 0.241 e. The van der Waals surface area contributed by atoms with E-state index >= 15 is 0 Å². The number of carbonyl (C=O) groups excluding carboxylic acids is 1. The lowest BCUT2D eigenvalue weighted by atomic mass is 9.71. The van der Waals surface area contributed by atoms with Gasteiger partial charge in [0.15, 0.2) is 0 Å². The van der Waals surface area contributed by atoms with Crippen molar-refractivity contribution in [3.8, 4) is 0 Å². The highest BCUT2D eigenvalue weighted by molar-refractivity contribution is 7.89. The van der Waals surface area contributed by atoms with Crippen molar-refractivity contribution in [1.82, 2.24) is 14.6 Å². The fourth-order valence-corrected chi connectivity index (χ4v) is 6.85. The number of aliphatic hydroxyl groups is 1. The third kappa shape index (κ3) is 4.87. The highest BCUT2D eigenvalue weighted by atomic mass is 32.2. The van der Waals surface area contributed by atoms with Crippen molar-refractivity contribution in [3.05, 3.63) is 65.9 Å². The molecular formula is C27H33N3O4S. The number of nitrogens with zero attached hydrogens (tertiary/aromatic N) is 1. The zero-order chi connectivity index (χ0) is 24.6. The average Bonchev–Trinajstić information content (AvgIpc) is 3.25. The van der Waals surface area contributed by atoms with E-state index in [1.54, 1.807) is 29.2 Å². The summed E-state index contributed by atoms with van der Waals surface area (Å²) in [6.45, 7) is 2.80. The summed E-state index contributed by atoms with van der Waals surface area (Å²) < 4.78 is 29.3. The van der Waals surface area contributed by atoms with E-state index in [9.17, 15) is 18.3 Å². The number of nitrogens with one attached hydrogen (secondary N) is 2. The van der Waals surface area contributed by atoms with Crippen molar-refractivity contribution >= 4 is 26.8 Å². The molecule has 0 spiro atoms. The summed E-state index contributed by atoms with van der Waals surface area (Å²) in [4.78, 5) is 18.9. The van der Waals surface area contributed by atoms with E-state index in [4.69, 9.17) is 0 Å². The molecule has 0 unspecified atom stereocenters. The van der Waals surface area contributed by atoms with Crippen LogP contribution in [0, 0.1) is 12.8 Å². The number of para-hydroxylation sites is 1. The molecule has 1 saturated carbocycles. The molecular weight excluding hydrogens is 462 g/mol. The second kappa shape index (κ2) is 9.41. The molecule has 0 bridgehead atoms. The molecule has 186 valence electrons. The molecule has 1 saturated heterocycles. The van der Waals surface area contributed by atoms with Crippen LogP contribution in [-0.2, 0) is 21.2 Å². The van der Waals surface area contributed by atoms with Gasteiger partial charge in [-0.3, -0.25) is 4.79 Å². The largest absolute Gasteiger partial charge is 0.389 e. The standard InChI is InChI=1S/C27H33N3O4S/c1-19-9-11-22(12-10-19)35(33,34)29-25(16-20-17-28-24-8-3-2-7-23(20)24)26(31)30-15-14-27(32)13-5-4-6-21(27)18-30/h2-3,7-12,17,21,25,28-29,32H,4-6,13-16,18H2,1H3/t21-,25+,27-/m0/s1. The zero-order valence-electron chi connectivity index (χ0n) is 20.0. The normalized spacial score (nSPS) is 23.7. The minimum Gasteiger partial charge on any atom is -0.389 e. The van der Waals surface area contributed by atoms with Crippen LogP contribution in [0.5, 0.6) is 0 Å². The van der Waals surface area contributed by atoms with Gasteiger partial charge in [0.05, 0.1) is 10.5 Å². The van der Waals surface area contributed by atoms with E-state index in [2.05, 4.69) is 9.71 Å². The fourth-order valence-electron chi connectivity index (χ4n) is 5.66. The van der Waals surface area contributed by atoms with Crippen LogP contribution >= 0.6 is 0 Å². The van der Waals surface area contributed by atoms with Gasteiger partial charge in [0, 0.05) is 36.1 Å². The first kappa shape index (κ1) is 24.0. The minimum absolute atomic E-state index is 0.0383. The smallest absolute Gasteiger partial charge is 0.241 e. The van der Waals surface area contributed by atoms with Crippen LogP contribution in [0.1, 0.15) is 43.2 Å². The molecule has 0 radical (unpaired) electrons. The molecule has 1 amide bonds. The van der Waals surface area contributed by atoms with Gasteiger partial charge in [-0.2, -0.15) is 4.72 Å². The fraction of sp³-hybridized carbons (Fsp3) is 0.444. The molecule has 7 nitrogen and oxygen atoms in total. The quantitative estimate of drug-likeness (QED) is 0.487. The molecule has 2 aliphatic rings. The number of hydrogen-bond acceptors (Lipinski definition) is 4. The van der Waals surface area contributed by atoms with Gasteiger partial charge in [-0.05, 0) is 56.4 Å². The van der Waals surface area contributed by atoms with Gasteiger partial charge in [0.25, 0.3) is 0 Å². The van der Waals surface area contributed by atoms with E-state index in [1.807, 2.05) is 37.4 Å². The van der Waals surface area contributed by atoms with Gasteiger partial charge in [-0.25, -0.2) is 8.42 Å². The SMILES string of the molecule is Cc1ccc(S(=O)(=O)N[C@H](Cc2c[nH]c3ccccc23)C(=O)N2CC[C@@]3(O)CCCC[C@H]3C2)cc1. The van der Waals surface area contributed by atoms with Crippen LogP contribution in [-0.4, -0.2) is 54.0 Å². The molecule has 2 fully saturated rings. The summed E-state index contributed by atoms with van der Waals surface area (Å²) >= 11 is 0. The van der Waals surface area contributed by atoms with Crippen molar-refractivity contribution in [2.24, 2.45) is 5.92 Å². The Morgan fingerprint density at radius 1 is 1.17 bits per heavy atom. The Bertz CT molecular complexity index is 1320. The third-order valence-corrected chi connectivity index (χ3v) is 9.25. The third-order valence-electron chi connectivity index (χ3n) is 7.77. The van der Waals surface area contributed by atoms with Gasteiger partial charge < -0.3 is 15.0 Å². The summed E-state index contributed by atoms with van der Waals surface area (Å²) in [5.41, 5.74) is 2.09. The van der Waals surface area contributed by atoms with Crippen LogP contribution in [0.25, 0.3) is 10.9 Å². The number of sulfonamides is 1. The number of benzene rings is 2. The Morgan fingerprint density at radius 2 is 1.94 bits per heavy atom. The lowest BCUT2D eigenvalue weighted by Crippen LogP contribution is -2.58. The summed E-state index contributed by atoms with van der Waals surface area (Å²) in [6, 6.07) is 13.5. The first-order chi connectivity index (χ1) is 16.7. The second-order valence-electron chi connectivity index (χ2n) is 10.1. The number of likely N-dealkylation sites (tertiary alicyclic amines) is 1. The van der Waals surface area contributed by atoms with Crippen LogP contribution in [0.2, 0.25) is 0 Å². The van der Waals surface area contributed by atoms with Crippen molar-refractivity contribution in [2.75, 3.05) is 13.1 Å². The van der Waals surface area contributed by atoms with Crippen molar-refractivity contribution in [1.29, 1.82) is 0 Å². The first-order valence-electron chi connectivity index (χ1n) is 12.4. The molecule has 3 N–H and O–H groups in total. The maximum atomic E-state index is 13.8. The lowest BCUT2D eigenvalue weighted by molar-refractivity contribution is -0.145. The second-order valence-corrected chi connectivity index (χ2v) is 11.8. The molecule has 1 aromatic heterocycles. The molecule has 8 heteroatoms. The van der Waals surface area contributed by atoms with Gasteiger partial charge >= 0.3 is 0 Å². The number of aromatic amines is 1. The van der Waals surface area contributed by atoms with Crippen LogP contribution in [0.15, 0.2) is 59.6 Å². The Kier molecular flexibility index (Phi) is 6.46. The number of fused-ring (bicyclic) bond motifs is 2. The van der Waals surface area contributed by atoms with Gasteiger partial charge in [0.2, 0.25) is 15.9 Å². The van der Waals surface area contributed by atoms with Gasteiger partial charge in [-0.1, -0.05) is 48.7 Å². The van der Waals surface area contributed by atoms with Crippen LogP contribution in [0.4, 0.5) is 0 Å². The number of piperidine rings is 1. The predicted octanol–water partition coefficient (Wildman–Crippen LogP) is 3.52. The molecule has 5 rings (SSSR count). The van der Waals surface area contributed by atoms with Gasteiger partial charge in [-0.15, -0.1) is 0 Å². The Labute approximate surface area is 206 Å². The first-order valence-corrected chi connectivity index (χ1v) is 13.9. The Balaban J connectivity index is 1.43. The van der Waals surface area contributed by atoms with Crippen molar-refractivity contribution in [2.45, 2.75) is 62.0 Å². The Morgan fingerprint density at radius 3 is 2.74 bits per heavy atom. The van der Waals surface area contributed by atoms with E-state index in [-0.39, 0.29) is 23.1 Å². The molecule has 1 aliphatic heterocycles. The van der Waals surface area contributed by atoms with Crippen molar-refractivity contribution < 1.29 is 18.3 Å². The minimum atomic E-state index is -3.91. The maximum absolute atomic E-state index is 13.8. The van der Waals surface area contributed by atoms with Crippen LogP contribution in [0.3, 0.4) is 0 Å². The zero-order valence-corrected chi connectivity index (χ0v) is 20.9. The lowest BCUT2D eigenvalue weighted by Gasteiger charge is -2.48.